The highest BCUT2D eigenvalue weighted by atomic mass is 35.5. The van der Waals surface area contributed by atoms with E-state index in [9.17, 15) is 4.79 Å². The highest BCUT2D eigenvalue weighted by Gasteiger charge is 2.40. The van der Waals surface area contributed by atoms with E-state index in [2.05, 4.69) is 10.3 Å². The second kappa shape index (κ2) is 6.20. The van der Waals surface area contributed by atoms with Gasteiger partial charge in [0.2, 0.25) is 0 Å². The maximum absolute atomic E-state index is 12.1. The van der Waals surface area contributed by atoms with Gasteiger partial charge in [0, 0.05) is 17.8 Å². The second-order valence-corrected chi connectivity index (χ2v) is 6.36. The van der Waals surface area contributed by atoms with Crippen molar-refractivity contribution in [1.82, 2.24) is 10.3 Å². The summed E-state index contributed by atoms with van der Waals surface area (Å²) in [6, 6.07) is 0.385. The number of halogens is 1. The van der Waals surface area contributed by atoms with E-state index in [1.54, 1.807) is 0 Å². The molecule has 1 aromatic rings. The van der Waals surface area contributed by atoms with Crippen molar-refractivity contribution in [3.63, 3.8) is 0 Å². The molecular formula is C13H20ClN3OS. The van der Waals surface area contributed by atoms with Gasteiger partial charge >= 0.3 is 0 Å². The van der Waals surface area contributed by atoms with Gasteiger partial charge in [-0.25, -0.2) is 4.98 Å². The number of nitrogens with two attached hydrogens (primary N) is 1. The van der Waals surface area contributed by atoms with E-state index in [0.717, 1.165) is 23.8 Å². The number of carbonyl (C=O) groups is 1. The highest BCUT2D eigenvalue weighted by molar-refractivity contribution is 7.09. The molecular weight excluding hydrogens is 282 g/mol. The number of hydrogen-bond acceptors (Lipinski definition) is 4. The van der Waals surface area contributed by atoms with Gasteiger partial charge in [-0.1, -0.05) is 6.42 Å². The molecule has 0 saturated heterocycles. The van der Waals surface area contributed by atoms with Gasteiger partial charge in [-0.2, -0.15) is 0 Å². The summed E-state index contributed by atoms with van der Waals surface area (Å²) in [5.41, 5.74) is 6.05. The van der Waals surface area contributed by atoms with E-state index < -0.39 is 0 Å². The molecule has 2 bridgehead atoms. The molecule has 19 heavy (non-hydrogen) atoms. The molecule has 1 aromatic heterocycles. The van der Waals surface area contributed by atoms with Gasteiger partial charge in [0.05, 0.1) is 5.01 Å². The predicted molar refractivity (Wildman–Crippen MR) is 78.8 cm³/mol. The number of hydrogen-bond donors (Lipinski definition) is 2. The molecule has 0 radical (unpaired) electrons. The van der Waals surface area contributed by atoms with Crippen LogP contribution in [-0.4, -0.2) is 23.5 Å². The fraction of sp³-hybridized carbons (Fsp3) is 0.692. The van der Waals surface area contributed by atoms with E-state index in [1.165, 1.54) is 30.6 Å². The lowest BCUT2D eigenvalue weighted by Crippen LogP contribution is -2.38. The maximum Gasteiger partial charge on any atom is 0.270 e. The van der Waals surface area contributed by atoms with Crippen LogP contribution in [-0.2, 0) is 6.42 Å². The van der Waals surface area contributed by atoms with E-state index in [4.69, 9.17) is 5.73 Å². The first kappa shape index (κ1) is 14.8. The van der Waals surface area contributed by atoms with Crippen molar-refractivity contribution in [2.24, 2.45) is 17.6 Å². The zero-order valence-electron chi connectivity index (χ0n) is 10.8. The first-order valence-corrected chi connectivity index (χ1v) is 7.59. The van der Waals surface area contributed by atoms with Gasteiger partial charge in [-0.3, -0.25) is 4.79 Å². The molecule has 1 heterocycles. The first-order valence-electron chi connectivity index (χ1n) is 6.71. The van der Waals surface area contributed by atoms with Crippen LogP contribution in [0.5, 0.6) is 0 Å². The summed E-state index contributed by atoms with van der Waals surface area (Å²) in [5, 5.41) is 5.95. The average Bonchev–Trinajstić information content (AvgIpc) is 3.04. The van der Waals surface area contributed by atoms with Gasteiger partial charge in [0.25, 0.3) is 5.91 Å². The topological polar surface area (TPSA) is 68.0 Å². The standard InChI is InChI=1S/C13H19N3OS.ClH/c14-4-3-12-15-11(7-18-12)13(17)16-10-6-8-1-2-9(10)5-8;/h7-10H,1-6,14H2,(H,16,17);1H. The Kier molecular flexibility index (Phi) is 4.81. The van der Waals surface area contributed by atoms with Gasteiger partial charge < -0.3 is 11.1 Å². The van der Waals surface area contributed by atoms with Crippen LogP contribution in [0.4, 0.5) is 0 Å². The van der Waals surface area contributed by atoms with Crippen LogP contribution in [0.1, 0.15) is 41.2 Å². The monoisotopic (exact) mass is 301 g/mol. The summed E-state index contributed by atoms with van der Waals surface area (Å²) >= 11 is 1.52. The first-order chi connectivity index (χ1) is 8.76. The lowest BCUT2D eigenvalue weighted by molar-refractivity contribution is 0.0918. The van der Waals surface area contributed by atoms with Gasteiger partial charge in [0.1, 0.15) is 5.69 Å². The molecule has 2 aliphatic rings. The molecule has 3 unspecified atom stereocenters. The smallest absolute Gasteiger partial charge is 0.270 e. The quantitative estimate of drug-likeness (QED) is 0.893. The van der Waals surface area contributed by atoms with Crippen LogP contribution in [0.15, 0.2) is 5.38 Å². The lowest BCUT2D eigenvalue weighted by Gasteiger charge is -2.22. The molecule has 4 nitrogen and oxygen atoms in total. The van der Waals surface area contributed by atoms with E-state index >= 15 is 0 Å². The minimum Gasteiger partial charge on any atom is -0.348 e. The van der Waals surface area contributed by atoms with Crippen molar-refractivity contribution in [1.29, 1.82) is 0 Å². The van der Waals surface area contributed by atoms with Crippen molar-refractivity contribution in [3.8, 4) is 0 Å². The molecule has 3 N–H and O–H groups in total. The Labute approximate surface area is 123 Å². The molecule has 2 saturated carbocycles. The minimum atomic E-state index is -0.00734. The van der Waals surface area contributed by atoms with Crippen molar-refractivity contribution in [3.05, 3.63) is 16.1 Å². The molecule has 0 aliphatic heterocycles. The molecule has 6 heteroatoms. The zero-order chi connectivity index (χ0) is 12.5. The summed E-state index contributed by atoms with van der Waals surface area (Å²) in [7, 11) is 0. The largest absolute Gasteiger partial charge is 0.348 e. The zero-order valence-corrected chi connectivity index (χ0v) is 12.4. The molecule has 0 aromatic carbocycles. The molecule has 3 atom stereocenters. The maximum atomic E-state index is 12.1. The SMILES string of the molecule is Cl.NCCc1nc(C(=O)NC2CC3CCC2C3)cs1. The van der Waals surface area contributed by atoms with E-state index in [0.29, 0.717) is 24.2 Å². The Bertz CT molecular complexity index is 451. The van der Waals surface area contributed by atoms with E-state index in [-0.39, 0.29) is 18.3 Å². The highest BCUT2D eigenvalue weighted by Crippen LogP contribution is 2.44. The summed E-state index contributed by atoms with van der Waals surface area (Å²) in [4.78, 5) is 16.4. The Balaban J connectivity index is 0.00000133. The fourth-order valence-electron chi connectivity index (χ4n) is 3.32. The molecule has 2 aliphatic carbocycles. The third kappa shape index (κ3) is 3.09. The summed E-state index contributed by atoms with van der Waals surface area (Å²) in [5.74, 6) is 1.55. The number of aromatic nitrogens is 1. The normalized spacial score (nSPS) is 28.2. The Hall–Kier alpha value is -0.650. The Morgan fingerprint density at radius 2 is 2.32 bits per heavy atom. The molecule has 1 amide bonds. The number of thiazole rings is 1. The number of fused-ring (bicyclic) bond motifs is 2. The molecule has 0 spiro atoms. The summed E-state index contributed by atoms with van der Waals surface area (Å²) in [6.07, 6.45) is 5.86. The molecule has 106 valence electrons. The fourth-order valence-corrected chi connectivity index (χ4v) is 4.11. The van der Waals surface area contributed by atoms with Crippen molar-refractivity contribution in [2.45, 2.75) is 38.1 Å². The van der Waals surface area contributed by atoms with Crippen LogP contribution in [0, 0.1) is 11.8 Å². The number of nitrogens with zero attached hydrogens (tertiary/aromatic N) is 1. The predicted octanol–water partition coefficient (Wildman–Crippen LogP) is 1.98. The van der Waals surface area contributed by atoms with Crippen molar-refractivity contribution >= 4 is 29.7 Å². The third-order valence-corrected chi connectivity index (χ3v) is 5.11. The molecule has 2 fully saturated rings. The van der Waals surface area contributed by atoms with Gasteiger partial charge in [-0.15, -0.1) is 23.7 Å². The van der Waals surface area contributed by atoms with Crippen LogP contribution < -0.4 is 11.1 Å². The molecule has 3 rings (SSSR count). The van der Waals surface area contributed by atoms with Crippen molar-refractivity contribution in [2.75, 3.05) is 6.54 Å². The number of nitrogens with one attached hydrogen (secondary N) is 1. The minimum absolute atomic E-state index is 0. The van der Waals surface area contributed by atoms with Gasteiger partial charge in [-0.05, 0) is 37.6 Å². The number of amides is 1. The van der Waals surface area contributed by atoms with Crippen LogP contribution in [0.2, 0.25) is 0 Å². The number of rotatable bonds is 4. The third-order valence-electron chi connectivity index (χ3n) is 4.20. The second-order valence-electron chi connectivity index (χ2n) is 5.42. The number of carbonyl (C=O) groups excluding carboxylic acids is 1. The Morgan fingerprint density at radius 1 is 1.47 bits per heavy atom. The Morgan fingerprint density at radius 3 is 2.95 bits per heavy atom. The summed E-state index contributed by atoms with van der Waals surface area (Å²) < 4.78 is 0. The summed E-state index contributed by atoms with van der Waals surface area (Å²) in [6.45, 7) is 0.584. The van der Waals surface area contributed by atoms with Crippen LogP contribution in [0.25, 0.3) is 0 Å². The van der Waals surface area contributed by atoms with Gasteiger partial charge in [0.15, 0.2) is 0 Å². The average molecular weight is 302 g/mol. The van der Waals surface area contributed by atoms with Crippen LogP contribution >= 0.6 is 23.7 Å². The van der Waals surface area contributed by atoms with E-state index in [1.807, 2.05) is 5.38 Å². The van der Waals surface area contributed by atoms with Crippen LogP contribution in [0.3, 0.4) is 0 Å². The lowest BCUT2D eigenvalue weighted by atomic mass is 9.95. The van der Waals surface area contributed by atoms with Crippen molar-refractivity contribution < 1.29 is 4.79 Å².